The third-order valence-corrected chi connectivity index (χ3v) is 2.51. The summed E-state index contributed by atoms with van der Waals surface area (Å²) < 4.78 is 7.51. The number of rotatable bonds is 9. The van der Waals surface area contributed by atoms with Gasteiger partial charge in [0.05, 0.1) is 6.61 Å². The van der Waals surface area contributed by atoms with Crippen LogP contribution in [0.1, 0.15) is 25.6 Å². The molecular formula is C12H23N3O. The minimum Gasteiger partial charge on any atom is -0.380 e. The Hall–Kier alpha value is -0.870. The van der Waals surface area contributed by atoms with Crippen LogP contribution in [0.3, 0.4) is 0 Å². The van der Waals surface area contributed by atoms with Crippen molar-refractivity contribution < 1.29 is 4.74 Å². The SMILES string of the molecule is CCCCOCCNCCc1nccn1C. The van der Waals surface area contributed by atoms with Crippen molar-refractivity contribution in [2.24, 2.45) is 7.05 Å². The number of hydrogen-bond acceptors (Lipinski definition) is 3. The molecule has 0 aliphatic heterocycles. The van der Waals surface area contributed by atoms with Gasteiger partial charge in [0, 0.05) is 45.6 Å². The van der Waals surface area contributed by atoms with Gasteiger partial charge in [0.1, 0.15) is 5.82 Å². The Balaban J connectivity index is 1.91. The van der Waals surface area contributed by atoms with Crippen LogP contribution in [0.4, 0.5) is 0 Å². The van der Waals surface area contributed by atoms with Gasteiger partial charge in [-0.3, -0.25) is 0 Å². The summed E-state index contributed by atoms with van der Waals surface area (Å²) in [6.07, 6.45) is 7.14. The Morgan fingerprint density at radius 1 is 1.38 bits per heavy atom. The summed E-state index contributed by atoms with van der Waals surface area (Å²) in [6, 6.07) is 0. The third kappa shape index (κ3) is 5.28. The summed E-state index contributed by atoms with van der Waals surface area (Å²) in [5.74, 6) is 1.12. The Morgan fingerprint density at radius 2 is 2.25 bits per heavy atom. The molecule has 1 rings (SSSR count). The molecule has 0 aromatic carbocycles. The van der Waals surface area contributed by atoms with Crippen LogP contribution in [0.2, 0.25) is 0 Å². The number of nitrogens with one attached hydrogen (secondary N) is 1. The summed E-state index contributed by atoms with van der Waals surface area (Å²) >= 11 is 0. The maximum absolute atomic E-state index is 5.45. The monoisotopic (exact) mass is 225 g/mol. The van der Waals surface area contributed by atoms with E-state index in [-0.39, 0.29) is 0 Å². The molecule has 0 aliphatic rings. The van der Waals surface area contributed by atoms with E-state index < -0.39 is 0 Å². The molecule has 0 spiro atoms. The minimum absolute atomic E-state index is 0.806. The Bertz CT molecular complexity index is 273. The molecule has 0 unspecified atom stereocenters. The number of aryl methyl sites for hydroxylation is 1. The zero-order chi connectivity index (χ0) is 11.6. The molecule has 92 valence electrons. The van der Waals surface area contributed by atoms with Crippen molar-refractivity contribution in [3.8, 4) is 0 Å². The van der Waals surface area contributed by atoms with Crippen molar-refractivity contribution >= 4 is 0 Å². The zero-order valence-corrected chi connectivity index (χ0v) is 10.4. The summed E-state index contributed by atoms with van der Waals surface area (Å²) in [5.41, 5.74) is 0. The van der Waals surface area contributed by atoms with E-state index in [1.54, 1.807) is 0 Å². The molecule has 0 amide bonds. The van der Waals surface area contributed by atoms with E-state index in [1.165, 1.54) is 6.42 Å². The van der Waals surface area contributed by atoms with E-state index in [1.807, 2.05) is 19.4 Å². The van der Waals surface area contributed by atoms with Crippen LogP contribution in [0, 0.1) is 0 Å². The Morgan fingerprint density at radius 3 is 2.94 bits per heavy atom. The summed E-state index contributed by atoms with van der Waals surface area (Å²) in [7, 11) is 2.02. The largest absolute Gasteiger partial charge is 0.380 e. The van der Waals surface area contributed by atoms with E-state index in [2.05, 4.69) is 21.8 Å². The number of aromatic nitrogens is 2. The van der Waals surface area contributed by atoms with Crippen molar-refractivity contribution in [2.45, 2.75) is 26.2 Å². The first-order chi connectivity index (χ1) is 7.84. The second kappa shape index (κ2) is 8.30. The topological polar surface area (TPSA) is 39.1 Å². The van der Waals surface area contributed by atoms with Crippen molar-refractivity contribution in [3.05, 3.63) is 18.2 Å². The maximum Gasteiger partial charge on any atom is 0.109 e. The third-order valence-electron chi connectivity index (χ3n) is 2.51. The Kier molecular flexibility index (Phi) is 6.85. The molecular weight excluding hydrogens is 202 g/mol. The lowest BCUT2D eigenvalue weighted by Gasteiger charge is -2.05. The smallest absolute Gasteiger partial charge is 0.109 e. The fourth-order valence-electron chi connectivity index (χ4n) is 1.46. The van der Waals surface area contributed by atoms with Gasteiger partial charge in [0.25, 0.3) is 0 Å². The number of imidazole rings is 1. The standard InChI is InChI=1S/C12H23N3O/c1-3-4-10-16-11-8-13-6-5-12-14-7-9-15(12)2/h7,9,13H,3-6,8,10-11H2,1-2H3. The molecule has 1 N–H and O–H groups in total. The molecule has 0 saturated heterocycles. The van der Waals surface area contributed by atoms with Crippen LogP contribution in [-0.2, 0) is 18.2 Å². The quantitative estimate of drug-likeness (QED) is 0.645. The van der Waals surface area contributed by atoms with Gasteiger partial charge in [-0.15, -0.1) is 0 Å². The van der Waals surface area contributed by atoms with E-state index in [0.717, 1.165) is 45.0 Å². The van der Waals surface area contributed by atoms with Crippen molar-refractivity contribution in [1.82, 2.24) is 14.9 Å². The fourth-order valence-corrected chi connectivity index (χ4v) is 1.46. The lowest BCUT2D eigenvalue weighted by Crippen LogP contribution is -2.23. The minimum atomic E-state index is 0.806. The molecule has 0 radical (unpaired) electrons. The average Bonchev–Trinajstić information content (AvgIpc) is 2.68. The van der Waals surface area contributed by atoms with Crippen molar-refractivity contribution in [2.75, 3.05) is 26.3 Å². The predicted octanol–water partition coefficient (Wildman–Crippen LogP) is 1.37. The van der Waals surface area contributed by atoms with Crippen LogP contribution in [0.25, 0.3) is 0 Å². The first-order valence-electron chi connectivity index (χ1n) is 6.09. The molecule has 0 aliphatic carbocycles. The van der Waals surface area contributed by atoms with Gasteiger partial charge in [-0.1, -0.05) is 13.3 Å². The normalized spacial score (nSPS) is 10.9. The molecule has 0 saturated carbocycles. The first kappa shape index (κ1) is 13.2. The van der Waals surface area contributed by atoms with Crippen molar-refractivity contribution in [3.63, 3.8) is 0 Å². The zero-order valence-electron chi connectivity index (χ0n) is 10.4. The number of hydrogen-bond donors (Lipinski definition) is 1. The van der Waals surface area contributed by atoms with E-state index in [0.29, 0.717) is 0 Å². The number of ether oxygens (including phenoxy) is 1. The highest BCUT2D eigenvalue weighted by atomic mass is 16.5. The summed E-state index contributed by atoms with van der Waals surface area (Å²) in [5, 5.41) is 3.35. The van der Waals surface area contributed by atoms with Gasteiger partial charge in [0.15, 0.2) is 0 Å². The van der Waals surface area contributed by atoms with Gasteiger partial charge in [0.2, 0.25) is 0 Å². The van der Waals surface area contributed by atoms with Gasteiger partial charge in [-0.2, -0.15) is 0 Å². The van der Waals surface area contributed by atoms with E-state index in [4.69, 9.17) is 4.74 Å². The Labute approximate surface area is 98.0 Å². The van der Waals surface area contributed by atoms with E-state index in [9.17, 15) is 0 Å². The van der Waals surface area contributed by atoms with Gasteiger partial charge >= 0.3 is 0 Å². The molecule has 0 bridgehead atoms. The van der Waals surface area contributed by atoms with Crippen LogP contribution < -0.4 is 5.32 Å². The molecule has 0 fully saturated rings. The highest BCUT2D eigenvalue weighted by molar-refractivity contribution is 4.91. The van der Waals surface area contributed by atoms with Crippen LogP contribution in [0.5, 0.6) is 0 Å². The highest BCUT2D eigenvalue weighted by Gasteiger charge is 1.97. The van der Waals surface area contributed by atoms with Gasteiger partial charge in [-0.25, -0.2) is 4.98 Å². The molecule has 4 heteroatoms. The molecule has 1 aromatic heterocycles. The number of nitrogens with zero attached hydrogens (tertiary/aromatic N) is 2. The second-order valence-corrected chi connectivity index (χ2v) is 3.92. The first-order valence-corrected chi connectivity index (χ1v) is 6.09. The maximum atomic E-state index is 5.45. The molecule has 16 heavy (non-hydrogen) atoms. The van der Waals surface area contributed by atoms with Gasteiger partial charge < -0.3 is 14.6 Å². The van der Waals surface area contributed by atoms with Crippen LogP contribution in [-0.4, -0.2) is 35.9 Å². The average molecular weight is 225 g/mol. The lowest BCUT2D eigenvalue weighted by molar-refractivity contribution is 0.133. The van der Waals surface area contributed by atoms with Crippen LogP contribution >= 0.6 is 0 Å². The lowest BCUT2D eigenvalue weighted by atomic mass is 10.4. The fraction of sp³-hybridized carbons (Fsp3) is 0.750. The highest BCUT2D eigenvalue weighted by Crippen LogP contribution is 1.93. The van der Waals surface area contributed by atoms with Crippen LogP contribution in [0.15, 0.2) is 12.4 Å². The molecule has 1 aromatic rings. The predicted molar refractivity (Wildman–Crippen MR) is 65.5 cm³/mol. The van der Waals surface area contributed by atoms with Gasteiger partial charge in [-0.05, 0) is 6.42 Å². The molecule has 1 heterocycles. The molecule has 0 atom stereocenters. The summed E-state index contributed by atoms with van der Waals surface area (Å²) in [6.45, 7) is 5.75. The summed E-state index contributed by atoms with van der Waals surface area (Å²) in [4.78, 5) is 4.27. The van der Waals surface area contributed by atoms with Crippen molar-refractivity contribution in [1.29, 1.82) is 0 Å². The number of unbranched alkanes of at least 4 members (excludes halogenated alkanes) is 1. The second-order valence-electron chi connectivity index (χ2n) is 3.92. The van der Waals surface area contributed by atoms with E-state index >= 15 is 0 Å². The molecule has 4 nitrogen and oxygen atoms in total.